The number of urea groups is 1. The van der Waals surface area contributed by atoms with Gasteiger partial charge < -0.3 is 19.7 Å². The fourth-order valence-corrected chi connectivity index (χ4v) is 4.30. The molecule has 4 rings (SSSR count). The second kappa shape index (κ2) is 7.63. The molecule has 1 saturated heterocycles. The molecule has 28 heavy (non-hydrogen) atoms. The summed E-state index contributed by atoms with van der Waals surface area (Å²) in [7, 11) is 0. The summed E-state index contributed by atoms with van der Waals surface area (Å²) in [6, 6.07) is 9.48. The Kier molecular flexibility index (Phi) is 5.04. The van der Waals surface area contributed by atoms with Crippen molar-refractivity contribution in [1.29, 1.82) is 0 Å². The minimum atomic E-state index is -0.847. The topological polar surface area (TPSA) is 95.7 Å². The van der Waals surface area contributed by atoms with Crippen molar-refractivity contribution in [3.05, 3.63) is 40.7 Å². The maximum Gasteiger partial charge on any atom is 0.317 e. The lowest BCUT2D eigenvalue weighted by Crippen LogP contribution is -2.49. The lowest BCUT2D eigenvalue weighted by atomic mass is 9.91. The van der Waals surface area contributed by atoms with E-state index in [2.05, 4.69) is 10.3 Å². The molecule has 0 radical (unpaired) electrons. The van der Waals surface area contributed by atoms with Gasteiger partial charge in [0.25, 0.3) is 0 Å². The van der Waals surface area contributed by atoms with Crippen molar-refractivity contribution in [2.24, 2.45) is 11.8 Å². The number of amides is 2. The molecule has 1 aromatic carbocycles. The summed E-state index contributed by atoms with van der Waals surface area (Å²) in [5.74, 6) is -0.488. The van der Waals surface area contributed by atoms with Crippen molar-refractivity contribution in [1.82, 2.24) is 15.2 Å². The molecule has 0 spiro atoms. The van der Waals surface area contributed by atoms with Gasteiger partial charge >= 0.3 is 12.0 Å². The summed E-state index contributed by atoms with van der Waals surface area (Å²) >= 11 is 1.45. The predicted octanol–water partition coefficient (Wildman–Crippen LogP) is 3.81. The molecule has 146 valence electrons. The number of nitrogens with zero attached hydrogens (tertiary/aromatic N) is 2. The number of para-hydroxylation sites is 1. The average molecular weight is 399 g/mol. The Bertz CT molecular complexity index is 979. The van der Waals surface area contributed by atoms with Crippen molar-refractivity contribution in [2.45, 2.75) is 19.9 Å². The molecule has 2 unspecified atom stereocenters. The van der Waals surface area contributed by atoms with E-state index in [4.69, 9.17) is 4.42 Å². The highest BCUT2D eigenvalue weighted by molar-refractivity contribution is 7.09. The van der Waals surface area contributed by atoms with E-state index in [0.717, 1.165) is 21.7 Å². The number of aromatic nitrogens is 1. The zero-order valence-electron chi connectivity index (χ0n) is 15.4. The third kappa shape index (κ3) is 3.87. The average Bonchev–Trinajstić information content (AvgIpc) is 3.32. The maximum absolute atomic E-state index is 12.5. The molecule has 3 aromatic rings. The van der Waals surface area contributed by atoms with Crippen LogP contribution >= 0.6 is 11.3 Å². The quantitative estimate of drug-likeness (QED) is 0.696. The summed E-state index contributed by atoms with van der Waals surface area (Å²) in [5.41, 5.74) is 1.55. The van der Waals surface area contributed by atoms with Crippen LogP contribution < -0.4 is 5.32 Å². The van der Waals surface area contributed by atoms with Gasteiger partial charge in [0, 0.05) is 23.9 Å². The number of hydrogen-bond acceptors (Lipinski definition) is 5. The van der Waals surface area contributed by atoms with Gasteiger partial charge in [0.2, 0.25) is 0 Å². The zero-order chi connectivity index (χ0) is 19.7. The van der Waals surface area contributed by atoms with E-state index in [0.29, 0.717) is 25.3 Å². The molecular formula is C20H21N3O4S. The van der Waals surface area contributed by atoms with Gasteiger partial charge in [-0.05, 0) is 24.5 Å². The fourth-order valence-electron chi connectivity index (χ4n) is 3.57. The van der Waals surface area contributed by atoms with E-state index in [9.17, 15) is 14.7 Å². The first kappa shape index (κ1) is 18.5. The molecule has 1 fully saturated rings. The number of hydrogen-bond donors (Lipinski definition) is 2. The highest BCUT2D eigenvalue weighted by Crippen LogP contribution is 2.28. The molecule has 7 nitrogen and oxygen atoms in total. The summed E-state index contributed by atoms with van der Waals surface area (Å²) < 4.78 is 5.83. The largest absolute Gasteiger partial charge is 0.481 e. The summed E-state index contributed by atoms with van der Waals surface area (Å²) in [5, 5.41) is 15.8. The van der Waals surface area contributed by atoms with Crippen molar-refractivity contribution in [3.63, 3.8) is 0 Å². The van der Waals surface area contributed by atoms with Gasteiger partial charge in [-0.3, -0.25) is 4.79 Å². The number of fused-ring (bicyclic) bond motifs is 1. The van der Waals surface area contributed by atoms with Crippen molar-refractivity contribution >= 4 is 34.3 Å². The van der Waals surface area contributed by atoms with Crippen LogP contribution in [0.4, 0.5) is 4.79 Å². The van der Waals surface area contributed by atoms with Gasteiger partial charge in [-0.25, -0.2) is 9.78 Å². The molecule has 8 heteroatoms. The van der Waals surface area contributed by atoms with Crippen LogP contribution in [0, 0.1) is 11.8 Å². The van der Waals surface area contributed by atoms with E-state index in [1.54, 1.807) is 4.90 Å². The third-order valence-corrected chi connectivity index (χ3v) is 5.77. The number of carboxylic acids is 1. The highest BCUT2D eigenvalue weighted by atomic mass is 32.1. The normalized spacial score (nSPS) is 19.7. The number of nitrogens with one attached hydrogen (secondary N) is 1. The van der Waals surface area contributed by atoms with Crippen molar-refractivity contribution < 1.29 is 19.1 Å². The maximum atomic E-state index is 12.5. The van der Waals surface area contributed by atoms with Crippen LogP contribution in [0.2, 0.25) is 0 Å². The number of benzene rings is 1. The first-order valence-electron chi connectivity index (χ1n) is 9.18. The van der Waals surface area contributed by atoms with Gasteiger partial charge in [-0.15, -0.1) is 11.3 Å². The van der Waals surface area contributed by atoms with Gasteiger partial charge in [-0.1, -0.05) is 25.1 Å². The van der Waals surface area contributed by atoms with Crippen LogP contribution in [0.25, 0.3) is 22.4 Å². The predicted molar refractivity (Wildman–Crippen MR) is 106 cm³/mol. The second-order valence-electron chi connectivity index (χ2n) is 7.21. The van der Waals surface area contributed by atoms with E-state index >= 15 is 0 Å². The van der Waals surface area contributed by atoms with E-state index < -0.39 is 11.9 Å². The molecule has 3 heterocycles. The molecular weight excluding hydrogens is 378 g/mol. The van der Waals surface area contributed by atoms with Crippen LogP contribution in [0.5, 0.6) is 0 Å². The monoisotopic (exact) mass is 399 g/mol. The molecule has 2 atom stereocenters. The minimum absolute atomic E-state index is 0.167. The van der Waals surface area contributed by atoms with Gasteiger partial charge in [0.1, 0.15) is 16.3 Å². The van der Waals surface area contributed by atoms with Crippen LogP contribution in [-0.2, 0) is 11.3 Å². The molecule has 0 aliphatic carbocycles. The summed E-state index contributed by atoms with van der Waals surface area (Å²) in [4.78, 5) is 29.9. The molecule has 2 N–H and O–H groups in total. The number of aliphatic carboxylic acids is 1. The van der Waals surface area contributed by atoms with E-state index in [-0.39, 0.29) is 18.5 Å². The first-order chi connectivity index (χ1) is 13.5. The Morgan fingerprint density at radius 1 is 1.36 bits per heavy atom. The van der Waals surface area contributed by atoms with Crippen molar-refractivity contribution in [2.75, 3.05) is 13.1 Å². The number of rotatable bonds is 4. The molecule has 1 aliphatic heterocycles. The van der Waals surface area contributed by atoms with Crippen LogP contribution in [0.3, 0.4) is 0 Å². The lowest BCUT2D eigenvalue weighted by Gasteiger charge is -2.34. The Labute approximate surface area is 166 Å². The Hall–Kier alpha value is -2.87. The number of piperidine rings is 1. The number of carboxylic acid groups (broad SMARTS) is 1. The number of thiazole rings is 1. The number of carbonyl (C=O) groups is 2. The van der Waals surface area contributed by atoms with E-state index in [1.165, 1.54) is 11.3 Å². The van der Waals surface area contributed by atoms with E-state index in [1.807, 2.05) is 42.6 Å². The van der Waals surface area contributed by atoms with Gasteiger partial charge in [-0.2, -0.15) is 0 Å². The van der Waals surface area contributed by atoms with Crippen LogP contribution in [-0.4, -0.2) is 40.1 Å². The standard InChI is InChI=1S/C20H21N3O4S/c1-12-6-14(19(24)25)10-23(9-12)20(26)21-8-18-22-15(11-28-18)17-7-13-4-2-3-5-16(13)27-17/h2-5,7,11-12,14H,6,8-10H2,1H3,(H,21,26)(H,24,25). The lowest BCUT2D eigenvalue weighted by molar-refractivity contribution is -0.143. The Morgan fingerprint density at radius 3 is 2.96 bits per heavy atom. The molecule has 2 amide bonds. The number of carbonyl (C=O) groups excluding carboxylic acids is 1. The molecule has 1 aliphatic rings. The van der Waals surface area contributed by atoms with Crippen LogP contribution in [0.1, 0.15) is 18.4 Å². The first-order valence-corrected chi connectivity index (χ1v) is 10.1. The number of furan rings is 1. The fraction of sp³-hybridized carbons (Fsp3) is 0.350. The second-order valence-corrected chi connectivity index (χ2v) is 8.16. The highest BCUT2D eigenvalue weighted by Gasteiger charge is 2.31. The summed E-state index contributed by atoms with van der Waals surface area (Å²) in [6.07, 6.45) is 0.604. The Morgan fingerprint density at radius 2 is 2.18 bits per heavy atom. The van der Waals surface area contributed by atoms with Crippen LogP contribution in [0.15, 0.2) is 40.1 Å². The molecule has 0 saturated carbocycles. The van der Waals surface area contributed by atoms with Crippen molar-refractivity contribution in [3.8, 4) is 11.5 Å². The Balaban J connectivity index is 1.39. The third-order valence-electron chi connectivity index (χ3n) is 4.92. The molecule has 2 aromatic heterocycles. The molecule has 0 bridgehead atoms. The minimum Gasteiger partial charge on any atom is -0.481 e. The zero-order valence-corrected chi connectivity index (χ0v) is 16.2. The SMILES string of the molecule is CC1CC(C(=O)O)CN(C(=O)NCc2nc(-c3cc4ccccc4o3)cs2)C1. The summed E-state index contributed by atoms with van der Waals surface area (Å²) in [6.45, 7) is 3.08. The van der Waals surface area contributed by atoms with Gasteiger partial charge in [0.05, 0.1) is 12.5 Å². The smallest absolute Gasteiger partial charge is 0.317 e. The van der Waals surface area contributed by atoms with Gasteiger partial charge in [0.15, 0.2) is 5.76 Å². The number of likely N-dealkylation sites (tertiary alicyclic amines) is 1.